The summed E-state index contributed by atoms with van der Waals surface area (Å²) in [7, 11) is 0. The van der Waals surface area contributed by atoms with Gasteiger partial charge in [-0.2, -0.15) is 0 Å². The third kappa shape index (κ3) is 3.55. The van der Waals surface area contributed by atoms with Crippen LogP contribution in [0.5, 0.6) is 0 Å². The van der Waals surface area contributed by atoms with Gasteiger partial charge in [0.1, 0.15) is 4.88 Å². The van der Waals surface area contributed by atoms with Crippen LogP contribution in [0, 0.1) is 13.8 Å². The minimum absolute atomic E-state index is 0.248. The van der Waals surface area contributed by atoms with E-state index in [4.69, 9.17) is 5.11 Å². The van der Waals surface area contributed by atoms with E-state index in [9.17, 15) is 9.59 Å². The molecular formula is C14H13NO3S2. The average Bonchev–Trinajstić information content (AvgIpc) is 2.93. The number of carbonyl (C=O) groups excluding carboxylic acids is 1. The Balaban J connectivity index is 2.03. The van der Waals surface area contributed by atoms with Gasteiger partial charge in [0.05, 0.1) is 5.00 Å². The highest BCUT2D eigenvalue weighted by atomic mass is 32.1. The highest BCUT2D eigenvalue weighted by Gasteiger charge is 2.12. The Hall–Kier alpha value is -1.92. The summed E-state index contributed by atoms with van der Waals surface area (Å²) >= 11 is 2.66. The van der Waals surface area contributed by atoms with E-state index in [1.165, 1.54) is 11.0 Å². The monoisotopic (exact) mass is 307 g/mol. The van der Waals surface area contributed by atoms with Gasteiger partial charge in [-0.05, 0) is 43.7 Å². The number of rotatable bonds is 4. The van der Waals surface area contributed by atoms with Gasteiger partial charge in [0.2, 0.25) is 5.91 Å². The first-order chi connectivity index (χ1) is 9.45. The van der Waals surface area contributed by atoms with Crippen LogP contribution >= 0.6 is 22.7 Å². The molecule has 0 aliphatic rings. The smallest absolute Gasteiger partial charge is 0.346 e. The molecule has 2 heterocycles. The van der Waals surface area contributed by atoms with Gasteiger partial charge in [0.25, 0.3) is 0 Å². The number of aromatic carboxylic acids is 1. The van der Waals surface area contributed by atoms with Crippen LogP contribution in [0.2, 0.25) is 0 Å². The topological polar surface area (TPSA) is 66.4 Å². The largest absolute Gasteiger partial charge is 0.477 e. The minimum Gasteiger partial charge on any atom is -0.477 e. The molecule has 2 N–H and O–H groups in total. The standard InChI is InChI=1S/C14H13NO3S2/c1-8-7-12(20-13(8)14(17)18)15-11(16)6-5-10-4-3-9(2)19-10/h3-7H,1-2H3,(H,15,16)(H,17,18)/b6-5+. The quantitative estimate of drug-likeness (QED) is 0.845. The molecule has 4 nitrogen and oxygen atoms in total. The van der Waals surface area contributed by atoms with E-state index in [0.717, 1.165) is 16.2 Å². The zero-order valence-corrected chi connectivity index (χ0v) is 12.6. The first kappa shape index (κ1) is 14.5. The van der Waals surface area contributed by atoms with Gasteiger partial charge in [-0.1, -0.05) is 0 Å². The number of nitrogens with one attached hydrogen (secondary N) is 1. The number of carboxylic acid groups (broad SMARTS) is 1. The van der Waals surface area contributed by atoms with E-state index in [-0.39, 0.29) is 10.8 Å². The fourth-order valence-corrected chi connectivity index (χ4v) is 3.31. The van der Waals surface area contributed by atoms with E-state index < -0.39 is 5.97 Å². The van der Waals surface area contributed by atoms with Crippen LogP contribution in [0.15, 0.2) is 24.3 Å². The Morgan fingerprint density at radius 2 is 2.00 bits per heavy atom. The zero-order chi connectivity index (χ0) is 14.7. The Morgan fingerprint density at radius 1 is 1.25 bits per heavy atom. The van der Waals surface area contributed by atoms with Crippen molar-refractivity contribution in [2.75, 3.05) is 5.32 Å². The van der Waals surface area contributed by atoms with Crippen molar-refractivity contribution in [2.24, 2.45) is 0 Å². The van der Waals surface area contributed by atoms with Crippen LogP contribution in [0.3, 0.4) is 0 Å². The third-order valence-electron chi connectivity index (χ3n) is 2.52. The first-order valence-electron chi connectivity index (χ1n) is 5.85. The molecule has 104 valence electrons. The molecule has 0 fully saturated rings. The lowest BCUT2D eigenvalue weighted by molar-refractivity contribution is -0.111. The number of hydrogen-bond donors (Lipinski definition) is 2. The molecule has 20 heavy (non-hydrogen) atoms. The Kier molecular flexibility index (Phi) is 4.36. The summed E-state index contributed by atoms with van der Waals surface area (Å²) in [6, 6.07) is 5.60. The summed E-state index contributed by atoms with van der Waals surface area (Å²) in [5.74, 6) is -1.24. The van der Waals surface area contributed by atoms with Crippen LogP contribution < -0.4 is 5.32 Å². The number of carboxylic acids is 1. The molecule has 0 aromatic carbocycles. The lowest BCUT2D eigenvalue weighted by Gasteiger charge is -1.95. The van der Waals surface area contributed by atoms with Gasteiger partial charge in [-0.15, -0.1) is 22.7 Å². The summed E-state index contributed by atoms with van der Waals surface area (Å²) < 4.78 is 0. The van der Waals surface area contributed by atoms with Crippen LogP contribution in [0.25, 0.3) is 6.08 Å². The van der Waals surface area contributed by atoms with E-state index in [1.54, 1.807) is 30.4 Å². The predicted molar refractivity (Wildman–Crippen MR) is 82.7 cm³/mol. The van der Waals surface area contributed by atoms with Crippen LogP contribution in [-0.4, -0.2) is 17.0 Å². The van der Waals surface area contributed by atoms with Crippen molar-refractivity contribution < 1.29 is 14.7 Å². The molecule has 0 saturated heterocycles. The number of aryl methyl sites for hydroxylation is 2. The number of amides is 1. The van der Waals surface area contributed by atoms with Crippen LogP contribution in [-0.2, 0) is 4.79 Å². The van der Waals surface area contributed by atoms with Gasteiger partial charge >= 0.3 is 5.97 Å². The summed E-state index contributed by atoms with van der Waals surface area (Å²) in [6.07, 6.45) is 3.19. The van der Waals surface area contributed by atoms with Gasteiger partial charge in [0, 0.05) is 15.8 Å². The highest BCUT2D eigenvalue weighted by Crippen LogP contribution is 2.26. The van der Waals surface area contributed by atoms with E-state index in [2.05, 4.69) is 5.32 Å². The molecule has 0 bridgehead atoms. The molecule has 2 rings (SSSR count). The highest BCUT2D eigenvalue weighted by molar-refractivity contribution is 7.18. The third-order valence-corrected chi connectivity index (χ3v) is 4.63. The second-order valence-corrected chi connectivity index (χ2v) is 6.57. The Bertz CT molecular complexity index is 682. The molecule has 6 heteroatoms. The van der Waals surface area contributed by atoms with E-state index in [0.29, 0.717) is 10.6 Å². The summed E-state index contributed by atoms with van der Waals surface area (Å²) in [4.78, 5) is 25.1. The van der Waals surface area contributed by atoms with Gasteiger partial charge in [0.15, 0.2) is 0 Å². The molecule has 0 radical (unpaired) electrons. The maximum atomic E-state index is 11.7. The molecule has 0 atom stereocenters. The van der Waals surface area contributed by atoms with Crippen LogP contribution in [0.4, 0.5) is 5.00 Å². The van der Waals surface area contributed by atoms with Crippen molar-refractivity contribution in [3.63, 3.8) is 0 Å². The molecule has 0 spiro atoms. The molecular weight excluding hydrogens is 294 g/mol. The Labute approximate surface area is 124 Å². The SMILES string of the molecule is Cc1ccc(/C=C/C(=O)Nc2cc(C)c(C(=O)O)s2)s1. The molecule has 2 aromatic rings. The lowest BCUT2D eigenvalue weighted by Crippen LogP contribution is -2.05. The summed E-state index contributed by atoms with van der Waals surface area (Å²) in [6.45, 7) is 3.71. The zero-order valence-electron chi connectivity index (χ0n) is 11.0. The van der Waals surface area contributed by atoms with Crippen molar-refractivity contribution in [1.29, 1.82) is 0 Å². The minimum atomic E-state index is -0.974. The van der Waals surface area contributed by atoms with Crippen molar-refractivity contribution in [2.45, 2.75) is 13.8 Å². The molecule has 0 aliphatic carbocycles. The van der Waals surface area contributed by atoms with Crippen molar-refractivity contribution in [3.8, 4) is 0 Å². The molecule has 0 unspecified atom stereocenters. The number of anilines is 1. The molecule has 0 aliphatic heterocycles. The van der Waals surface area contributed by atoms with Crippen molar-refractivity contribution >= 4 is 45.6 Å². The first-order valence-corrected chi connectivity index (χ1v) is 7.48. The van der Waals surface area contributed by atoms with Crippen molar-refractivity contribution in [3.05, 3.63) is 44.5 Å². The van der Waals surface area contributed by atoms with E-state index >= 15 is 0 Å². The number of carbonyl (C=O) groups is 2. The maximum Gasteiger partial charge on any atom is 0.346 e. The number of hydrogen-bond acceptors (Lipinski definition) is 4. The fourth-order valence-electron chi connectivity index (χ4n) is 1.62. The average molecular weight is 307 g/mol. The van der Waals surface area contributed by atoms with Gasteiger partial charge < -0.3 is 10.4 Å². The number of thiophene rings is 2. The van der Waals surface area contributed by atoms with Gasteiger partial charge in [-0.3, -0.25) is 4.79 Å². The normalized spacial score (nSPS) is 10.9. The van der Waals surface area contributed by atoms with Crippen molar-refractivity contribution in [1.82, 2.24) is 0 Å². The summed E-state index contributed by atoms with van der Waals surface area (Å²) in [5, 5.41) is 12.2. The fraction of sp³-hybridized carbons (Fsp3) is 0.143. The second-order valence-electron chi connectivity index (χ2n) is 4.20. The van der Waals surface area contributed by atoms with Crippen LogP contribution in [0.1, 0.15) is 25.0 Å². The molecule has 1 amide bonds. The predicted octanol–water partition coefficient (Wildman–Crippen LogP) is 3.78. The Morgan fingerprint density at radius 3 is 2.55 bits per heavy atom. The summed E-state index contributed by atoms with van der Waals surface area (Å²) in [5.41, 5.74) is 0.649. The van der Waals surface area contributed by atoms with E-state index in [1.807, 2.05) is 19.1 Å². The second kappa shape index (κ2) is 6.02. The molecule has 2 aromatic heterocycles. The lowest BCUT2D eigenvalue weighted by atomic mass is 10.3. The van der Waals surface area contributed by atoms with Gasteiger partial charge in [-0.25, -0.2) is 4.79 Å². The maximum absolute atomic E-state index is 11.7. The molecule has 0 saturated carbocycles.